The van der Waals surface area contributed by atoms with Crippen molar-refractivity contribution in [3.63, 3.8) is 0 Å². The number of nitrogens with one attached hydrogen (secondary N) is 1. The summed E-state index contributed by atoms with van der Waals surface area (Å²) in [5, 5.41) is 11.2. The highest BCUT2D eigenvalue weighted by Gasteiger charge is 2.13. The lowest BCUT2D eigenvalue weighted by molar-refractivity contribution is -0.141. The van der Waals surface area contributed by atoms with Gasteiger partial charge in [-0.2, -0.15) is 0 Å². The number of nitrogens with two attached hydrogens (primary N) is 1. The number of benzene rings is 1. The first-order valence-electron chi connectivity index (χ1n) is 5.98. The lowest BCUT2D eigenvalue weighted by Crippen LogP contribution is -2.26. The fourth-order valence-electron chi connectivity index (χ4n) is 1.54. The molecule has 4 N–H and O–H groups in total. The maximum absolute atomic E-state index is 13.4. The maximum Gasteiger partial charge on any atom is 0.306 e. The Kier molecular flexibility index (Phi) is 5.29. The van der Waals surface area contributed by atoms with Gasteiger partial charge in [0, 0.05) is 12.2 Å². The number of halogens is 1. The summed E-state index contributed by atoms with van der Waals surface area (Å²) < 4.78 is 13.4. The second-order valence-corrected chi connectivity index (χ2v) is 4.38. The average molecular weight is 268 g/mol. The van der Waals surface area contributed by atoms with Crippen molar-refractivity contribution in [1.29, 1.82) is 0 Å². The molecule has 1 aromatic carbocycles. The minimum absolute atomic E-state index is 0.0690. The van der Waals surface area contributed by atoms with E-state index in [0.717, 1.165) is 6.07 Å². The summed E-state index contributed by atoms with van der Waals surface area (Å²) in [6.45, 7) is 1.91. The van der Waals surface area contributed by atoms with Crippen molar-refractivity contribution in [1.82, 2.24) is 5.32 Å². The number of nitrogen functional groups attached to an aromatic ring is 1. The molecule has 0 radical (unpaired) electrons. The van der Waals surface area contributed by atoms with Gasteiger partial charge in [-0.05, 0) is 31.0 Å². The fraction of sp³-hybridized carbons (Fsp3) is 0.385. The first kappa shape index (κ1) is 14.9. The van der Waals surface area contributed by atoms with Gasteiger partial charge in [-0.15, -0.1) is 0 Å². The summed E-state index contributed by atoms with van der Waals surface area (Å²) in [5.74, 6) is -2.52. The highest BCUT2D eigenvalue weighted by atomic mass is 19.1. The Bertz CT molecular complexity index is 477. The van der Waals surface area contributed by atoms with Gasteiger partial charge in [-0.1, -0.05) is 6.92 Å². The molecule has 0 fully saturated rings. The zero-order valence-corrected chi connectivity index (χ0v) is 10.6. The molecular formula is C13H17FN2O3. The third-order valence-electron chi connectivity index (χ3n) is 2.76. The summed E-state index contributed by atoms with van der Waals surface area (Å²) in [6, 6.07) is 3.85. The van der Waals surface area contributed by atoms with Gasteiger partial charge in [-0.25, -0.2) is 4.39 Å². The average Bonchev–Trinajstić information content (AvgIpc) is 2.33. The monoisotopic (exact) mass is 268 g/mol. The summed E-state index contributed by atoms with van der Waals surface area (Å²) >= 11 is 0. The van der Waals surface area contributed by atoms with Gasteiger partial charge in [-0.3, -0.25) is 9.59 Å². The molecule has 1 amide bonds. The van der Waals surface area contributed by atoms with Gasteiger partial charge in [0.2, 0.25) is 0 Å². The minimum Gasteiger partial charge on any atom is -0.481 e. The van der Waals surface area contributed by atoms with Crippen molar-refractivity contribution in [2.24, 2.45) is 5.92 Å². The zero-order valence-electron chi connectivity index (χ0n) is 10.6. The molecule has 0 aliphatic heterocycles. The molecule has 104 valence electrons. The Balaban J connectivity index is 2.41. The standard InChI is InChI=1S/C13H17FN2O3/c1-8(13(18)19)3-2-6-16-12(17)10-5-4-9(15)7-11(10)14/h4-5,7-8H,2-3,6,15H2,1H3,(H,16,17)(H,18,19). The molecule has 0 saturated carbocycles. The summed E-state index contributed by atoms with van der Waals surface area (Å²) in [5.41, 5.74) is 5.57. The third-order valence-corrected chi connectivity index (χ3v) is 2.76. The molecule has 0 aromatic heterocycles. The number of hydrogen-bond donors (Lipinski definition) is 3. The summed E-state index contributed by atoms with van der Waals surface area (Å²) in [6.07, 6.45) is 0.982. The van der Waals surface area contributed by atoms with E-state index in [-0.39, 0.29) is 11.3 Å². The van der Waals surface area contributed by atoms with Crippen LogP contribution in [-0.4, -0.2) is 23.5 Å². The molecule has 0 bridgehead atoms. The first-order valence-corrected chi connectivity index (χ1v) is 5.98. The van der Waals surface area contributed by atoms with Gasteiger partial charge >= 0.3 is 5.97 Å². The van der Waals surface area contributed by atoms with Crippen LogP contribution in [-0.2, 0) is 4.79 Å². The van der Waals surface area contributed by atoms with E-state index in [4.69, 9.17) is 10.8 Å². The van der Waals surface area contributed by atoms with Gasteiger partial charge in [0.25, 0.3) is 5.91 Å². The van der Waals surface area contributed by atoms with Gasteiger partial charge < -0.3 is 16.2 Å². The summed E-state index contributed by atoms with van der Waals surface area (Å²) in [7, 11) is 0. The van der Waals surface area contributed by atoms with E-state index in [2.05, 4.69) is 5.32 Å². The van der Waals surface area contributed by atoms with E-state index in [0.29, 0.717) is 19.4 Å². The number of carboxylic acids is 1. The molecule has 1 atom stereocenters. The van der Waals surface area contributed by atoms with Crippen molar-refractivity contribution in [2.45, 2.75) is 19.8 Å². The number of carboxylic acid groups (broad SMARTS) is 1. The van der Waals surface area contributed by atoms with Crippen molar-refractivity contribution >= 4 is 17.6 Å². The van der Waals surface area contributed by atoms with E-state index >= 15 is 0 Å². The Morgan fingerprint density at radius 1 is 1.47 bits per heavy atom. The molecule has 6 heteroatoms. The van der Waals surface area contributed by atoms with Crippen LogP contribution in [0.3, 0.4) is 0 Å². The molecule has 0 spiro atoms. The van der Waals surface area contributed by atoms with Crippen molar-refractivity contribution in [3.05, 3.63) is 29.6 Å². The largest absolute Gasteiger partial charge is 0.481 e. The lowest BCUT2D eigenvalue weighted by Gasteiger charge is -2.08. The van der Waals surface area contributed by atoms with Gasteiger partial charge in [0.05, 0.1) is 11.5 Å². The van der Waals surface area contributed by atoms with E-state index in [9.17, 15) is 14.0 Å². The highest BCUT2D eigenvalue weighted by Crippen LogP contribution is 2.11. The molecule has 1 unspecified atom stereocenters. The number of rotatable bonds is 6. The van der Waals surface area contributed by atoms with Crippen LogP contribution in [0, 0.1) is 11.7 Å². The quantitative estimate of drug-likeness (QED) is 0.540. The fourth-order valence-corrected chi connectivity index (χ4v) is 1.54. The molecule has 1 aromatic rings. The SMILES string of the molecule is CC(CCCNC(=O)c1ccc(N)cc1F)C(=O)O. The molecule has 1 rings (SSSR count). The van der Waals surface area contributed by atoms with Crippen LogP contribution in [0.5, 0.6) is 0 Å². The zero-order chi connectivity index (χ0) is 14.4. The number of amides is 1. The van der Waals surface area contributed by atoms with E-state index < -0.39 is 23.6 Å². The Morgan fingerprint density at radius 3 is 2.74 bits per heavy atom. The number of carbonyl (C=O) groups excluding carboxylic acids is 1. The Labute approximate surface area is 110 Å². The smallest absolute Gasteiger partial charge is 0.306 e. The Hall–Kier alpha value is -2.11. The van der Waals surface area contributed by atoms with Crippen LogP contribution in [0.25, 0.3) is 0 Å². The molecule has 5 nitrogen and oxygen atoms in total. The Morgan fingerprint density at radius 2 is 2.16 bits per heavy atom. The normalized spacial score (nSPS) is 11.9. The molecule has 0 saturated heterocycles. The minimum atomic E-state index is -0.865. The van der Waals surface area contributed by atoms with Gasteiger partial charge in [0.1, 0.15) is 5.82 Å². The van der Waals surface area contributed by atoms with E-state index in [1.54, 1.807) is 6.92 Å². The molecular weight excluding hydrogens is 251 g/mol. The number of carbonyl (C=O) groups is 2. The van der Waals surface area contributed by atoms with Crippen LogP contribution < -0.4 is 11.1 Å². The maximum atomic E-state index is 13.4. The highest BCUT2D eigenvalue weighted by molar-refractivity contribution is 5.94. The predicted molar refractivity (Wildman–Crippen MR) is 69.2 cm³/mol. The van der Waals surface area contributed by atoms with Crippen LogP contribution in [0.15, 0.2) is 18.2 Å². The molecule has 19 heavy (non-hydrogen) atoms. The topological polar surface area (TPSA) is 92.4 Å². The predicted octanol–water partition coefficient (Wildman–Crippen LogP) is 1.64. The number of aliphatic carboxylic acids is 1. The molecule has 0 aliphatic rings. The van der Waals surface area contributed by atoms with Crippen LogP contribution in [0.1, 0.15) is 30.1 Å². The van der Waals surface area contributed by atoms with Gasteiger partial charge in [0.15, 0.2) is 0 Å². The second kappa shape index (κ2) is 6.72. The van der Waals surface area contributed by atoms with Crippen molar-refractivity contribution in [2.75, 3.05) is 12.3 Å². The lowest BCUT2D eigenvalue weighted by atomic mass is 10.1. The summed E-state index contributed by atoms with van der Waals surface area (Å²) in [4.78, 5) is 22.2. The first-order chi connectivity index (χ1) is 8.91. The van der Waals surface area contributed by atoms with E-state index in [1.165, 1.54) is 12.1 Å². The van der Waals surface area contributed by atoms with Crippen LogP contribution in [0.2, 0.25) is 0 Å². The van der Waals surface area contributed by atoms with Crippen LogP contribution >= 0.6 is 0 Å². The van der Waals surface area contributed by atoms with Crippen molar-refractivity contribution < 1.29 is 19.1 Å². The second-order valence-electron chi connectivity index (χ2n) is 4.38. The molecule has 0 heterocycles. The number of hydrogen-bond acceptors (Lipinski definition) is 3. The van der Waals surface area contributed by atoms with Crippen LogP contribution in [0.4, 0.5) is 10.1 Å². The third kappa shape index (κ3) is 4.57. The number of anilines is 1. The molecule has 0 aliphatic carbocycles. The van der Waals surface area contributed by atoms with E-state index in [1.807, 2.05) is 0 Å². The van der Waals surface area contributed by atoms with Crippen molar-refractivity contribution in [3.8, 4) is 0 Å².